The SMILES string of the molecule is CC(C)(C)[C@H](NC(=O)NC12CC3CC(CC(C3)C1)C2)C(=O)N1C[C@H]2[C@@H]([C@H]1C(=O)CC(CC1CCC1)C(=O)C(N)=O)C2(C)C. The highest BCUT2D eigenvalue weighted by molar-refractivity contribution is 6.36. The second-order valence-electron chi connectivity index (χ2n) is 17.1. The van der Waals surface area contributed by atoms with Crippen LogP contribution in [0.15, 0.2) is 0 Å². The summed E-state index contributed by atoms with van der Waals surface area (Å²) in [5.41, 5.74) is 4.54. The smallest absolute Gasteiger partial charge is 0.315 e. The van der Waals surface area contributed by atoms with Crippen LogP contribution in [0.2, 0.25) is 0 Å². The maximum atomic E-state index is 14.3. The van der Waals surface area contributed by atoms with Crippen LogP contribution in [0.3, 0.4) is 0 Å². The van der Waals surface area contributed by atoms with Crippen molar-refractivity contribution in [1.29, 1.82) is 0 Å². The van der Waals surface area contributed by atoms with Gasteiger partial charge in [0.1, 0.15) is 6.04 Å². The summed E-state index contributed by atoms with van der Waals surface area (Å²) in [6.45, 7) is 10.5. The number of carbonyl (C=O) groups excluding carboxylic acids is 5. The first-order valence-electron chi connectivity index (χ1n) is 16.8. The fourth-order valence-corrected chi connectivity index (χ4v) is 10.3. The summed E-state index contributed by atoms with van der Waals surface area (Å²) in [5, 5.41) is 6.41. The third kappa shape index (κ3) is 5.63. The Kier molecular flexibility index (Phi) is 7.52. The average Bonchev–Trinajstić information content (AvgIpc) is 3.18. The molecule has 6 saturated carbocycles. The van der Waals surface area contributed by atoms with Gasteiger partial charge in [0, 0.05) is 24.4 Å². The van der Waals surface area contributed by atoms with Crippen molar-refractivity contribution in [1.82, 2.24) is 15.5 Å². The van der Waals surface area contributed by atoms with Gasteiger partial charge in [0.15, 0.2) is 5.78 Å². The molecular weight excluding hydrogens is 544 g/mol. The van der Waals surface area contributed by atoms with E-state index in [1.54, 1.807) is 4.90 Å². The van der Waals surface area contributed by atoms with E-state index in [0.717, 1.165) is 38.5 Å². The molecular formula is C34H52N4O5. The van der Waals surface area contributed by atoms with E-state index >= 15 is 0 Å². The summed E-state index contributed by atoms with van der Waals surface area (Å²) in [4.78, 5) is 68.2. The molecule has 5 atom stereocenters. The molecule has 1 aliphatic heterocycles. The Hall–Kier alpha value is -2.45. The van der Waals surface area contributed by atoms with E-state index in [9.17, 15) is 24.0 Å². The van der Waals surface area contributed by atoms with Crippen LogP contribution in [0.5, 0.6) is 0 Å². The predicted molar refractivity (Wildman–Crippen MR) is 161 cm³/mol. The number of primary amides is 1. The van der Waals surface area contributed by atoms with E-state index in [2.05, 4.69) is 24.5 Å². The third-order valence-electron chi connectivity index (χ3n) is 12.5. The lowest BCUT2D eigenvalue weighted by molar-refractivity contribution is -0.144. The lowest BCUT2D eigenvalue weighted by atomic mass is 9.53. The lowest BCUT2D eigenvalue weighted by Crippen LogP contribution is -2.65. The first kappa shape index (κ1) is 30.6. The van der Waals surface area contributed by atoms with E-state index in [-0.39, 0.29) is 46.9 Å². The molecule has 0 aromatic heterocycles. The van der Waals surface area contributed by atoms with Gasteiger partial charge in [-0.1, -0.05) is 53.9 Å². The number of amides is 4. The maximum absolute atomic E-state index is 14.3. The minimum absolute atomic E-state index is 0.00143. The maximum Gasteiger partial charge on any atom is 0.315 e. The molecule has 7 fully saturated rings. The molecule has 7 aliphatic rings. The minimum atomic E-state index is -0.997. The number of nitrogens with zero attached hydrogens (tertiary/aromatic N) is 1. The quantitative estimate of drug-likeness (QED) is 0.328. The van der Waals surface area contributed by atoms with E-state index in [1.165, 1.54) is 19.3 Å². The second-order valence-corrected chi connectivity index (χ2v) is 17.1. The van der Waals surface area contributed by atoms with Crippen molar-refractivity contribution in [3.63, 3.8) is 0 Å². The molecule has 1 heterocycles. The van der Waals surface area contributed by atoms with Crippen molar-refractivity contribution in [3.8, 4) is 0 Å². The molecule has 0 aromatic carbocycles. The number of Topliss-reactive ketones (excluding diaryl/α,β-unsaturated/α-hetero) is 2. The van der Waals surface area contributed by atoms with Crippen LogP contribution < -0.4 is 16.4 Å². The molecule has 6 aliphatic carbocycles. The number of piperidine rings is 1. The van der Waals surface area contributed by atoms with Gasteiger partial charge in [-0.2, -0.15) is 0 Å². The highest BCUT2D eigenvalue weighted by Gasteiger charge is 2.69. The van der Waals surface area contributed by atoms with Gasteiger partial charge in [0.05, 0.1) is 6.04 Å². The molecule has 4 amide bonds. The van der Waals surface area contributed by atoms with Gasteiger partial charge < -0.3 is 21.3 Å². The number of ketones is 2. The van der Waals surface area contributed by atoms with E-state index in [0.29, 0.717) is 36.6 Å². The zero-order valence-electron chi connectivity index (χ0n) is 26.7. The van der Waals surface area contributed by atoms with Crippen molar-refractivity contribution < 1.29 is 24.0 Å². The number of nitrogens with two attached hydrogens (primary N) is 1. The Morgan fingerprint density at radius 1 is 0.953 bits per heavy atom. The monoisotopic (exact) mass is 596 g/mol. The molecule has 9 nitrogen and oxygen atoms in total. The van der Waals surface area contributed by atoms with Crippen molar-refractivity contribution >= 4 is 29.4 Å². The molecule has 1 unspecified atom stereocenters. The molecule has 7 rings (SSSR count). The molecule has 43 heavy (non-hydrogen) atoms. The van der Waals surface area contributed by atoms with Gasteiger partial charge in [-0.05, 0) is 91.3 Å². The first-order valence-corrected chi connectivity index (χ1v) is 16.8. The topological polar surface area (TPSA) is 139 Å². The van der Waals surface area contributed by atoms with Gasteiger partial charge in [-0.15, -0.1) is 0 Å². The fourth-order valence-electron chi connectivity index (χ4n) is 10.3. The van der Waals surface area contributed by atoms with Crippen molar-refractivity contribution in [2.45, 2.75) is 123 Å². The van der Waals surface area contributed by atoms with Crippen molar-refractivity contribution in [2.24, 2.45) is 58.0 Å². The molecule has 0 spiro atoms. The van der Waals surface area contributed by atoms with Gasteiger partial charge >= 0.3 is 6.03 Å². The number of nitrogens with one attached hydrogen (secondary N) is 2. The summed E-state index contributed by atoms with van der Waals surface area (Å²) in [6, 6.07) is -1.78. The highest BCUT2D eigenvalue weighted by Crippen LogP contribution is 2.65. The number of likely N-dealkylation sites (tertiary alicyclic amines) is 1. The number of rotatable bonds is 10. The lowest BCUT2D eigenvalue weighted by Gasteiger charge is -2.56. The number of fused-ring (bicyclic) bond motifs is 1. The standard InChI is InChI=1S/C34H52N4O5/c1-32(2,3)28(36-31(43)37-34-14-19-9-20(15-34)11-21(10-19)16-34)30(42)38-17-23-25(33(23,4)5)26(38)24(39)13-22(27(40)29(35)41)12-18-7-6-8-18/h18-23,25-26,28H,6-17H2,1-5H3,(H2,35,41)(H2,36,37,43)/t19?,20?,21?,22?,23-,25-,26+,28+,34?/m0/s1. The minimum Gasteiger partial charge on any atom is -0.363 e. The molecule has 238 valence electrons. The van der Waals surface area contributed by atoms with E-state index in [4.69, 9.17) is 5.73 Å². The van der Waals surface area contributed by atoms with Gasteiger partial charge in [-0.3, -0.25) is 19.2 Å². The second kappa shape index (κ2) is 10.6. The molecule has 1 saturated heterocycles. The Bertz CT molecular complexity index is 1160. The Morgan fingerprint density at radius 2 is 1.53 bits per heavy atom. The van der Waals surface area contributed by atoms with E-state index < -0.39 is 35.1 Å². The Morgan fingerprint density at radius 3 is 2.02 bits per heavy atom. The van der Waals surface area contributed by atoms with Crippen LogP contribution in [0, 0.1) is 52.3 Å². The number of hydrogen-bond donors (Lipinski definition) is 3. The van der Waals surface area contributed by atoms with Crippen molar-refractivity contribution in [3.05, 3.63) is 0 Å². The number of urea groups is 1. The molecule has 4 bridgehead atoms. The van der Waals surface area contributed by atoms with Gasteiger partial charge in [0.2, 0.25) is 11.7 Å². The highest BCUT2D eigenvalue weighted by atomic mass is 16.2. The largest absolute Gasteiger partial charge is 0.363 e. The van der Waals surface area contributed by atoms with Crippen LogP contribution in [0.25, 0.3) is 0 Å². The Balaban J connectivity index is 1.18. The average molecular weight is 597 g/mol. The zero-order chi connectivity index (χ0) is 31.1. The summed E-state index contributed by atoms with van der Waals surface area (Å²) in [5.74, 6) is -0.260. The van der Waals surface area contributed by atoms with Crippen LogP contribution >= 0.6 is 0 Å². The molecule has 0 aromatic rings. The van der Waals surface area contributed by atoms with Crippen LogP contribution in [0.1, 0.15) is 105 Å². The first-order chi connectivity index (χ1) is 20.1. The molecule has 4 N–H and O–H groups in total. The molecule has 0 radical (unpaired) electrons. The zero-order valence-corrected chi connectivity index (χ0v) is 26.7. The normalized spacial score (nSPS) is 36.7. The molecule has 9 heteroatoms. The summed E-state index contributed by atoms with van der Waals surface area (Å²) >= 11 is 0. The van der Waals surface area contributed by atoms with E-state index in [1.807, 2.05) is 20.8 Å². The van der Waals surface area contributed by atoms with Crippen molar-refractivity contribution in [2.75, 3.05) is 6.54 Å². The number of hydrogen-bond acceptors (Lipinski definition) is 5. The Labute approximate surface area is 256 Å². The predicted octanol–water partition coefficient (Wildman–Crippen LogP) is 3.97. The van der Waals surface area contributed by atoms with Crippen LogP contribution in [-0.4, -0.2) is 58.5 Å². The number of carbonyl (C=O) groups is 5. The third-order valence-corrected chi connectivity index (χ3v) is 12.5. The summed E-state index contributed by atoms with van der Waals surface area (Å²) in [6.07, 6.45) is 10.4. The van der Waals surface area contributed by atoms with Crippen LogP contribution in [-0.2, 0) is 19.2 Å². The summed E-state index contributed by atoms with van der Waals surface area (Å²) < 4.78 is 0. The van der Waals surface area contributed by atoms with Gasteiger partial charge in [0.25, 0.3) is 5.91 Å². The van der Waals surface area contributed by atoms with Gasteiger partial charge in [-0.25, -0.2) is 4.79 Å². The van der Waals surface area contributed by atoms with Crippen LogP contribution in [0.4, 0.5) is 4.79 Å². The summed E-state index contributed by atoms with van der Waals surface area (Å²) in [7, 11) is 0. The fraction of sp³-hybridized carbons (Fsp3) is 0.853.